The molecule has 0 saturated carbocycles. The van der Waals surface area contributed by atoms with Gasteiger partial charge in [-0.05, 0) is 23.8 Å². The van der Waals surface area contributed by atoms with Crippen LogP contribution in [0.4, 0.5) is 0 Å². The van der Waals surface area contributed by atoms with Gasteiger partial charge in [-0.15, -0.1) is 0 Å². The van der Waals surface area contributed by atoms with Crippen LogP contribution in [0, 0.1) is 0 Å². The van der Waals surface area contributed by atoms with E-state index in [1.807, 2.05) is 6.07 Å². The molecule has 0 unspecified atom stereocenters. The lowest BCUT2D eigenvalue weighted by Gasteiger charge is -2.08. The number of aromatic nitrogens is 2. The number of rotatable bonds is 4. The van der Waals surface area contributed by atoms with Gasteiger partial charge in [-0.3, -0.25) is 9.78 Å². The van der Waals surface area contributed by atoms with Gasteiger partial charge in [-0.25, -0.2) is 4.79 Å². The fourth-order valence-electron chi connectivity index (χ4n) is 2.36. The Kier molecular flexibility index (Phi) is 4.01. The maximum Gasteiger partial charge on any atom is 0.336 e. The van der Waals surface area contributed by atoms with E-state index in [0.29, 0.717) is 17.8 Å². The Labute approximate surface area is 132 Å². The number of carboxylic acid groups (broad SMARTS) is 1. The highest BCUT2D eigenvalue weighted by Crippen LogP contribution is 2.22. The molecule has 114 valence electrons. The topological polar surface area (TPSA) is 72.2 Å². The molecule has 5 nitrogen and oxygen atoms in total. The molecular weight excluding hydrogens is 292 g/mol. The van der Waals surface area contributed by atoms with Crippen LogP contribution in [-0.4, -0.2) is 20.6 Å². The van der Waals surface area contributed by atoms with Crippen molar-refractivity contribution < 1.29 is 9.90 Å². The molecule has 0 saturated heterocycles. The zero-order chi connectivity index (χ0) is 16.2. The molecule has 0 fully saturated rings. The number of carboxylic acids is 1. The van der Waals surface area contributed by atoms with E-state index in [2.05, 4.69) is 4.98 Å². The largest absolute Gasteiger partial charge is 0.478 e. The van der Waals surface area contributed by atoms with Gasteiger partial charge in [0.2, 0.25) is 0 Å². The number of aromatic carboxylic acids is 1. The number of nitrogens with zero attached hydrogens (tertiary/aromatic N) is 2. The third kappa shape index (κ3) is 3.18. The molecule has 0 amide bonds. The van der Waals surface area contributed by atoms with Crippen LogP contribution in [0.5, 0.6) is 0 Å². The van der Waals surface area contributed by atoms with Crippen molar-refractivity contribution in [1.82, 2.24) is 9.55 Å². The lowest BCUT2D eigenvalue weighted by atomic mass is 10.0. The predicted molar refractivity (Wildman–Crippen MR) is 86.4 cm³/mol. The number of benzene rings is 1. The summed E-state index contributed by atoms with van der Waals surface area (Å²) >= 11 is 0. The molecule has 3 aromatic rings. The van der Waals surface area contributed by atoms with Crippen molar-refractivity contribution in [3.8, 4) is 11.3 Å². The summed E-state index contributed by atoms with van der Waals surface area (Å²) in [6.07, 6.45) is 3.38. The van der Waals surface area contributed by atoms with Crippen LogP contribution in [0.2, 0.25) is 0 Å². The minimum absolute atomic E-state index is 0.0761. The van der Waals surface area contributed by atoms with Gasteiger partial charge in [0.1, 0.15) is 0 Å². The van der Waals surface area contributed by atoms with Crippen LogP contribution in [0.25, 0.3) is 11.3 Å². The summed E-state index contributed by atoms with van der Waals surface area (Å²) in [6, 6.07) is 15.4. The molecule has 2 heterocycles. The highest BCUT2D eigenvalue weighted by molar-refractivity contribution is 5.95. The highest BCUT2D eigenvalue weighted by Gasteiger charge is 2.11. The molecule has 23 heavy (non-hydrogen) atoms. The quantitative estimate of drug-likeness (QED) is 0.804. The summed E-state index contributed by atoms with van der Waals surface area (Å²) < 4.78 is 1.59. The van der Waals surface area contributed by atoms with Crippen LogP contribution in [0.1, 0.15) is 15.9 Å². The van der Waals surface area contributed by atoms with Crippen molar-refractivity contribution in [2.45, 2.75) is 6.54 Å². The van der Waals surface area contributed by atoms with Crippen molar-refractivity contribution in [3.63, 3.8) is 0 Å². The minimum atomic E-state index is -0.984. The van der Waals surface area contributed by atoms with E-state index in [9.17, 15) is 14.7 Å². The first-order valence-electron chi connectivity index (χ1n) is 7.08. The SMILES string of the molecule is O=C(O)c1ccccc1-c1ccc(Cn2ccccc2=O)cn1. The first-order chi connectivity index (χ1) is 11.1. The zero-order valence-electron chi connectivity index (χ0n) is 12.2. The molecule has 0 radical (unpaired) electrons. The van der Waals surface area contributed by atoms with Gasteiger partial charge in [0, 0.05) is 24.0 Å². The maximum atomic E-state index is 11.7. The van der Waals surface area contributed by atoms with Crippen LogP contribution in [-0.2, 0) is 6.54 Å². The van der Waals surface area contributed by atoms with Gasteiger partial charge in [-0.1, -0.05) is 30.3 Å². The third-order valence-electron chi connectivity index (χ3n) is 3.51. The van der Waals surface area contributed by atoms with E-state index in [1.165, 1.54) is 6.07 Å². The minimum Gasteiger partial charge on any atom is -0.478 e. The first-order valence-corrected chi connectivity index (χ1v) is 7.08. The average Bonchev–Trinajstić information content (AvgIpc) is 2.58. The van der Waals surface area contributed by atoms with Gasteiger partial charge >= 0.3 is 5.97 Å². The van der Waals surface area contributed by atoms with Crippen molar-refractivity contribution in [2.75, 3.05) is 0 Å². The Morgan fingerprint density at radius 3 is 2.52 bits per heavy atom. The van der Waals surface area contributed by atoms with E-state index in [4.69, 9.17) is 0 Å². The van der Waals surface area contributed by atoms with Crippen molar-refractivity contribution >= 4 is 5.97 Å². The molecule has 0 spiro atoms. The van der Waals surface area contributed by atoms with E-state index in [0.717, 1.165) is 5.56 Å². The molecule has 0 bridgehead atoms. The Morgan fingerprint density at radius 1 is 1.04 bits per heavy atom. The van der Waals surface area contributed by atoms with E-state index >= 15 is 0 Å². The Balaban J connectivity index is 1.90. The van der Waals surface area contributed by atoms with Crippen LogP contribution in [0.3, 0.4) is 0 Å². The summed E-state index contributed by atoms with van der Waals surface area (Å²) in [6.45, 7) is 0.424. The highest BCUT2D eigenvalue weighted by atomic mass is 16.4. The number of hydrogen-bond acceptors (Lipinski definition) is 3. The molecule has 1 aromatic carbocycles. The van der Waals surface area contributed by atoms with E-state index in [1.54, 1.807) is 59.4 Å². The van der Waals surface area contributed by atoms with Gasteiger partial charge in [0.25, 0.3) is 5.56 Å². The van der Waals surface area contributed by atoms with Gasteiger partial charge in [0.05, 0.1) is 17.8 Å². The van der Waals surface area contributed by atoms with E-state index < -0.39 is 5.97 Å². The number of hydrogen-bond donors (Lipinski definition) is 1. The molecule has 2 aromatic heterocycles. The summed E-state index contributed by atoms with van der Waals surface area (Å²) in [5, 5.41) is 9.24. The van der Waals surface area contributed by atoms with E-state index in [-0.39, 0.29) is 11.1 Å². The summed E-state index contributed by atoms with van der Waals surface area (Å²) in [5.74, 6) is -0.984. The lowest BCUT2D eigenvalue weighted by molar-refractivity contribution is 0.0697. The molecule has 0 atom stereocenters. The second-order valence-electron chi connectivity index (χ2n) is 5.07. The summed E-state index contributed by atoms with van der Waals surface area (Å²) in [5.41, 5.74) is 2.17. The lowest BCUT2D eigenvalue weighted by Crippen LogP contribution is -2.18. The third-order valence-corrected chi connectivity index (χ3v) is 3.51. The van der Waals surface area contributed by atoms with Crippen LogP contribution in [0.15, 0.2) is 71.8 Å². The van der Waals surface area contributed by atoms with Gasteiger partial charge < -0.3 is 9.67 Å². The molecule has 5 heteroatoms. The summed E-state index contributed by atoms with van der Waals surface area (Å²) in [4.78, 5) is 27.3. The first kappa shape index (κ1) is 14.7. The average molecular weight is 306 g/mol. The molecule has 0 aliphatic rings. The molecule has 0 aliphatic heterocycles. The molecule has 1 N–H and O–H groups in total. The Morgan fingerprint density at radius 2 is 1.83 bits per heavy atom. The Bertz CT molecular complexity index is 898. The second kappa shape index (κ2) is 6.27. The summed E-state index contributed by atoms with van der Waals surface area (Å²) in [7, 11) is 0. The molecule has 3 rings (SSSR count). The maximum absolute atomic E-state index is 11.7. The monoisotopic (exact) mass is 306 g/mol. The van der Waals surface area contributed by atoms with Gasteiger partial charge in [-0.2, -0.15) is 0 Å². The standard InChI is InChI=1S/C18H14N2O3/c21-17-7-3-4-10-20(17)12-13-8-9-16(19-11-13)14-5-1-2-6-15(14)18(22)23/h1-11H,12H2,(H,22,23). The van der Waals surface area contributed by atoms with Crippen molar-refractivity contribution in [3.05, 3.63) is 88.5 Å². The zero-order valence-corrected chi connectivity index (χ0v) is 12.2. The van der Waals surface area contributed by atoms with Crippen LogP contribution < -0.4 is 5.56 Å². The molecule has 0 aliphatic carbocycles. The fraction of sp³-hybridized carbons (Fsp3) is 0.0556. The van der Waals surface area contributed by atoms with Crippen molar-refractivity contribution in [2.24, 2.45) is 0 Å². The predicted octanol–water partition coefficient (Wildman–Crippen LogP) is 2.66. The number of carbonyl (C=O) groups is 1. The second-order valence-corrected chi connectivity index (χ2v) is 5.07. The van der Waals surface area contributed by atoms with Crippen molar-refractivity contribution in [1.29, 1.82) is 0 Å². The normalized spacial score (nSPS) is 10.4. The smallest absolute Gasteiger partial charge is 0.336 e. The van der Waals surface area contributed by atoms with Crippen LogP contribution >= 0.6 is 0 Å². The fourth-order valence-corrected chi connectivity index (χ4v) is 2.36. The Hall–Kier alpha value is -3.21. The molecular formula is C18H14N2O3. The van der Waals surface area contributed by atoms with Gasteiger partial charge in [0.15, 0.2) is 0 Å². The number of pyridine rings is 2.